The van der Waals surface area contributed by atoms with Crippen LogP contribution in [0.3, 0.4) is 0 Å². The third-order valence-electron chi connectivity index (χ3n) is 3.15. The molecule has 1 aromatic carbocycles. The zero-order valence-electron chi connectivity index (χ0n) is 12.2. The van der Waals surface area contributed by atoms with E-state index >= 15 is 0 Å². The van der Waals surface area contributed by atoms with Crippen molar-refractivity contribution in [3.05, 3.63) is 29.8 Å². The van der Waals surface area contributed by atoms with Gasteiger partial charge in [-0.1, -0.05) is 32.9 Å². The van der Waals surface area contributed by atoms with Crippen molar-refractivity contribution >= 4 is 5.91 Å². The van der Waals surface area contributed by atoms with Crippen LogP contribution in [-0.2, 0) is 10.2 Å². The van der Waals surface area contributed by atoms with Crippen molar-refractivity contribution in [1.29, 1.82) is 0 Å². The van der Waals surface area contributed by atoms with Crippen LogP contribution in [0.1, 0.15) is 39.7 Å². The lowest BCUT2D eigenvalue weighted by molar-refractivity contribution is -0.123. The first-order valence-electron chi connectivity index (χ1n) is 6.45. The Hall–Kier alpha value is -1.55. The fourth-order valence-electron chi connectivity index (χ4n) is 1.56. The molecule has 1 amide bonds. The Balaban J connectivity index is 2.62. The summed E-state index contributed by atoms with van der Waals surface area (Å²) < 4.78 is 5.64. The largest absolute Gasteiger partial charge is 0.494 e. The van der Waals surface area contributed by atoms with E-state index in [-0.39, 0.29) is 5.41 Å². The zero-order valence-corrected chi connectivity index (χ0v) is 12.2. The van der Waals surface area contributed by atoms with E-state index in [0.717, 1.165) is 5.75 Å². The summed E-state index contributed by atoms with van der Waals surface area (Å²) in [6.45, 7) is 8.43. The van der Waals surface area contributed by atoms with Crippen molar-refractivity contribution in [2.45, 2.75) is 45.1 Å². The molecule has 0 saturated carbocycles. The van der Waals surface area contributed by atoms with Crippen LogP contribution >= 0.6 is 0 Å². The first-order chi connectivity index (χ1) is 8.63. The van der Waals surface area contributed by atoms with Gasteiger partial charge in [0.2, 0.25) is 5.91 Å². The molecule has 0 saturated heterocycles. The van der Waals surface area contributed by atoms with E-state index in [1.165, 1.54) is 5.56 Å². The van der Waals surface area contributed by atoms with Crippen LogP contribution in [0.4, 0.5) is 0 Å². The average Bonchev–Trinajstić information content (AvgIpc) is 2.28. The number of hydrogen-bond acceptors (Lipinski definition) is 3. The van der Waals surface area contributed by atoms with Crippen molar-refractivity contribution < 1.29 is 9.53 Å². The van der Waals surface area contributed by atoms with Gasteiger partial charge in [-0.3, -0.25) is 4.79 Å². The van der Waals surface area contributed by atoms with Crippen LogP contribution in [0.25, 0.3) is 0 Å². The van der Waals surface area contributed by atoms with Crippen molar-refractivity contribution in [2.75, 3.05) is 6.61 Å². The number of ether oxygens (including phenoxy) is 1. The molecule has 0 aliphatic heterocycles. The molecule has 4 nitrogen and oxygen atoms in total. The molecular formula is C15H24N2O2. The summed E-state index contributed by atoms with van der Waals surface area (Å²) in [7, 11) is 0. The third-order valence-corrected chi connectivity index (χ3v) is 3.15. The zero-order chi connectivity index (χ0) is 14.7. The summed E-state index contributed by atoms with van der Waals surface area (Å²) >= 11 is 0. The van der Waals surface area contributed by atoms with E-state index in [0.29, 0.717) is 13.0 Å². The summed E-state index contributed by atoms with van der Waals surface area (Å²) in [4.78, 5) is 11.1. The maximum absolute atomic E-state index is 11.1. The lowest BCUT2D eigenvalue weighted by atomic mass is 9.87. The van der Waals surface area contributed by atoms with Crippen LogP contribution in [-0.4, -0.2) is 18.1 Å². The second-order valence-corrected chi connectivity index (χ2v) is 6.16. The summed E-state index contributed by atoms with van der Waals surface area (Å²) in [5, 5.41) is 0. The quantitative estimate of drug-likeness (QED) is 0.853. The van der Waals surface area contributed by atoms with Gasteiger partial charge in [0.25, 0.3) is 0 Å². The lowest BCUT2D eigenvalue weighted by Crippen LogP contribution is -2.50. The van der Waals surface area contributed by atoms with E-state index in [1.54, 1.807) is 6.92 Å². The normalized spacial score (nSPS) is 14.8. The Kier molecular flexibility index (Phi) is 4.58. The fourth-order valence-corrected chi connectivity index (χ4v) is 1.56. The monoisotopic (exact) mass is 264 g/mol. The number of hydrogen-bond donors (Lipinski definition) is 2. The molecule has 1 unspecified atom stereocenters. The Morgan fingerprint density at radius 3 is 2.42 bits per heavy atom. The van der Waals surface area contributed by atoms with Crippen LogP contribution in [0.5, 0.6) is 5.75 Å². The van der Waals surface area contributed by atoms with E-state index < -0.39 is 11.4 Å². The maximum Gasteiger partial charge on any atom is 0.237 e. The molecule has 0 bridgehead atoms. The molecule has 0 aromatic heterocycles. The SMILES string of the molecule is CC(N)(CCOc1cccc(C(C)(C)C)c1)C(N)=O. The standard InChI is InChI=1S/C15H24N2O2/c1-14(2,3)11-6-5-7-12(10-11)19-9-8-15(4,17)13(16)18/h5-7,10H,8-9,17H2,1-4H3,(H2,16,18). The second kappa shape index (κ2) is 5.61. The molecule has 1 rings (SSSR count). The van der Waals surface area contributed by atoms with Gasteiger partial charge >= 0.3 is 0 Å². The van der Waals surface area contributed by atoms with Crippen molar-refractivity contribution in [2.24, 2.45) is 11.5 Å². The van der Waals surface area contributed by atoms with Gasteiger partial charge in [-0.15, -0.1) is 0 Å². The predicted molar refractivity (Wildman–Crippen MR) is 77.0 cm³/mol. The van der Waals surface area contributed by atoms with E-state index in [1.807, 2.05) is 18.2 Å². The van der Waals surface area contributed by atoms with Gasteiger partial charge in [-0.2, -0.15) is 0 Å². The van der Waals surface area contributed by atoms with Gasteiger partial charge in [-0.05, 0) is 30.0 Å². The molecule has 1 atom stereocenters. The van der Waals surface area contributed by atoms with Crippen LogP contribution in [0.2, 0.25) is 0 Å². The number of benzene rings is 1. The van der Waals surface area contributed by atoms with Crippen molar-refractivity contribution in [1.82, 2.24) is 0 Å². The Morgan fingerprint density at radius 1 is 1.26 bits per heavy atom. The lowest BCUT2D eigenvalue weighted by Gasteiger charge is -2.22. The molecule has 1 aromatic rings. The number of nitrogens with two attached hydrogens (primary N) is 2. The van der Waals surface area contributed by atoms with Crippen LogP contribution in [0.15, 0.2) is 24.3 Å². The highest BCUT2D eigenvalue weighted by atomic mass is 16.5. The Morgan fingerprint density at radius 2 is 1.89 bits per heavy atom. The highest BCUT2D eigenvalue weighted by Gasteiger charge is 2.25. The molecule has 0 heterocycles. The molecule has 0 radical (unpaired) electrons. The minimum Gasteiger partial charge on any atom is -0.494 e. The minimum absolute atomic E-state index is 0.0783. The molecule has 4 heteroatoms. The first-order valence-corrected chi connectivity index (χ1v) is 6.45. The first kappa shape index (κ1) is 15.5. The summed E-state index contributed by atoms with van der Waals surface area (Å²) in [5.74, 6) is 0.271. The Bertz CT molecular complexity index is 448. The van der Waals surface area contributed by atoms with Gasteiger partial charge in [0, 0.05) is 6.42 Å². The molecule has 19 heavy (non-hydrogen) atoms. The molecule has 106 valence electrons. The predicted octanol–water partition coefficient (Wildman–Crippen LogP) is 1.96. The van der Waals surface area contributed by atoms with Gasteiger partial charge in [0.1, 0.15) is 5.75 Å². The second-order valence-electron chi connectivity index (χ2n) is 6.16. The number of carbonyl (C=O) groups excluding carboxylic acids is 1. The molecule has 0 fully saturated rings. The summed E-state index contributed by atoms with van der Waals surface area (Å²) in [6, 6.07) is 7.94. The third kappa shape index (κ3) is 4.56. The van der Waals surface area contributed by atoms with Crippen molar-refractivity contribution in [3.63, 3.8) is 0 Å². The molecule has 0 aliphatic rings. The topological polar surface area (TPSA) is 78.3 Å². The van der Waals surface area contributed by atoms with Gasteiger partial charge in [0.05, 0.1) is 12.1 Å². The van der Waals surface area contributed by atoms with Gasteiger partial charge in [-0.25, -0.2) is 0 Å². The number of carbonyl (C=O) groups is 1. The Labute approximate surface area is 115 Å². The highest BCUT2D eigenvalue weighted by molar-refractivity contribution is 5.83. The summed E-state index contributed by atoms with van der Waals surface area (Å²) in [6.07, 6.45) is 0.391. The van der Waals surface area contributed by atoms with E-state index in [4.69, 9.17) is 16.2 Å². The minimum atomic E-state index is -1.03. The van der Waals surface area contributed by atoms with Crippen molar-refractivity contribution in [3.8, 4) is 5.75 Å². The number of amides is 1. The fraction of sp³-hybridized carbons (Fsp3) is 0.533. The van der Waals surface area contributed by atoms with Crippen LogP contribution < -0.4 is 16.2 Å². The number of primary amides is 1. The molecule has 4 N–H and O–H groups in total. The van der Waals surface area contributed by atoms with E-state index in [9.17, 15) is 4.79 Å². The molecule has 0 spiro atoms. The molecular weight excluding hydrogens is 240 g/mol. The maximum atomic E-state index is 11.1. The van der Waals surface area contributed by atoms with Gasteiger partial charge in [0.15, 0.2) is 0 Å². The smallest absolute Gasteiger partial charge is 0.237 e. The molecule has 0 aliphatic carbocycles. The average molecular weight is 264 g/mol. The van der Waals surface area contributed by atoms with E-state index in [2.05, 4.69) is 26.8 Å². The number of rotatable bonds is 5. The van der Waals surface area contributed by atoms with Gasteiger partial charge < -0.3 is 16.2 Å². The summed E-state index contributed by atoms with van der Waals surface area (Å²) in [5.41, 5.74) is 11.2. The highest BCUT2D eigenvalue weighted by Crippen LogP contribution is 2.25. The van der Waals surface area contributed by atoms with Crippen LogP contribution in [0, 0.1) is 0 Å².